The number of rotatable bonds is 3. The van der Waals surface area contributed by atoms with Gasteiger partial charge in [0.05, 0.1) is 11.3 Å². The number of nitrogens with zero attached hydrogens (tertiary/aromatic N) is 2. The molecule has 0 saturated carbocycles. The van der Waals surface area contributed by atoms with E-state index in [0.29, 0.717) is 11.4 Å². The number of aryl methyl sites for hydroxylation is 1. The average molecular weight is 263 g/mol. The van der Waals surface area contributed by atoms with Gasteiger partial charge in [-0.05, 0) is 25.1 Å². The Hall–Kier alpha value is -2.75. The maximum absolute atomic E-state index is 11.2. The third kappa shape index (κ3) is 2.23. The monoisotopic (exact) mass is 263 g/mol. The number of H-pyrrole nitrogens is 1. The molecule has 3 rings (SSSR count). The molecule has 0 fully saturated rings. The molecule has 0 atom stereocenters. The van der Waals surface area contributed by atoms with E-state index >= 15 is 0 Å². The van der Waals surface area contributed by atoms with Crippen molar-refractivity contribution in [3.05, 3.63) is 59.7 Å². The number of hydrogen-bond acceptors (Lipinski definition) is 3. The summed E-state index contributed by atoms with van der Waals surface area (Å²) in [7, 11) is 0. The van der Waals surface area contributed by atoms with Crippen LogP contribution in [0.4, 0.5) is 11.5 Å². The number of azo groups is 1. The van der Waals surface area contributed by atoms with Crippen LogP contribution in [0.3, 0.4) is 0 Å². The van der Waals surface area contributed by atoms with Gasteiger partial charge in [0, 0.05) is 10.9 Å². The summed E-state index contributed by atoms with van der Waals surface area (Å²) in [6.45, 7) is 2.02. The third-order valence-corrected chi connectivity index (χ3v) is 3.14. The molecule has 0 radical (unpaired) electrons. The highest BCUT2D eigenvalue weighted by Gasteiger charge is 2.09. The SMILES string of the molecule is Cc1ccc(N=Nc2[nH]c3ccccc3c2C=O)cc1. The fraction of sp³-hybridized carbons (Fsp3) is 0.0625. The largest absolute Gasteiger partial charge is 0.338 e. The number of carbonyl (C=O) groups is 1. The lowest BCUT2D eigenvalue weighted by Crippen LogP contribution is -1.75. The van der Waals surface area contributed by atoms with E-state index in [1.165, 1.54) is 5.56 Å². The zero-order valence-electron chi connectivity index (χ0n) is 11.0. The zero-order valence-corrected chi connectivity index (χ0v) is 11.0. The summed E-state index contributed by atoms with van der Waals surface area (Å²) in [5, 5.41) is 9.17. The Morgan fingerprint density at radius 1 is 1.00 bits per heavy atom. The second-order valence-electron chi connectivity index (χ2n) is 4.59. The molecular formula is C16H13N3O. The van der Waals surface area contributed by atoms with Gasteiger partial charge in [-0.1, -0.05) is 35.9 Å². The first-order valence-electron chi connectivity index (χ1n) is 6.32. The van der Waals surface area contributed by atoms with E-state index in [-0.39, 0.29) is 0 Å². The van der Waals surface area contributed by atoms with Crippen molar-refractivity contribution < 1.29 is 4.79 Å². The standard InChI is InChI=1S/C16H13N3O/c1-11-6-8-12(9-7-11)18-19-16-14(10-20)13-4-2-3-5-15(13)17-16/h2-10,17H,1H3. The van der Waals surface area contributed by atoms with Gasteiger partial charge in [-0.25, -0.2) is 0 Å². The molecule has 1 aromatic heterocycles. The summed E-state index contributed by atoms with van der Waals surface area (Å²) < 4.78 is 0. The van der Waals surface area contributed by atoms with Crippen LogP contribution in [0.5, 0.6) is 0 Å². The Morgan fingerprint density at radius 2 is 1.75 bits per heavy atom. The van der Waals surface area contributed by atoms with Crippen LogP contribution in [0.1, 0.15) is 15.9 Å². The molecule has 0 amide bonds. The van der Waals surface area contributed by atoms with E-state index < -0.39 is 0 Å². The topological polar surface area (TPSA) is 57.6 Å². The van der Waals surface area contributed by atoms with Gasteiger partial charge in [-0.2, -0.15) is 0 Å². The predicted molar refractivity (Wildman–Crippen MR) is 79.0 cm³/mol. The van der Waals surface area contributed by atoms with Crippen molar-refractivity contribution in [2.24, 2.45) is 10.2 Å². The average Bonchev–Trinajstić information content (AvgIpc) is 2.84. The molecule has 4 heteroatoms. The maximum atomic E-state index is 11.2. The first kappa shape index (κ1) is 12.3. The molecule has 0 bridgehead atoms. The van der Waals surface area contributed by atoms with Crippen molar-refractivity contribution in [2.45, 2.75) is 6.92 Å². The van der Waals surface area contributed by atoms with Crippen molar-refractivity contribution in [3.8, 4) is 0 Å². The molecule has 1 heterocycles. The molecule has 0 spiro atoms. The van der Waals surface area contributed by atoms with Crippen LogP contribution in [-0.2, 0) is 0 Å². The van der Waals surface area contributed by atoms with Gasteiger partial charge in [0.15, 0.2) is 12.1 Å². The second kappa shape index (κ2) is 5.09. The van der Waals surface area contributed by atoms with Gasteiger partial charge in [0.1, 0.15) is 0 Å². The number of para-hydroxylation sites is 1. The zero-order chi connectivity index (χ0) is 13.9. The van der Waals surface area contributed by atoms with Crippen molar-refractivity contribution in [2.75, 3.05) is 0 Å². The third-order valence-electron chi connectivity index (χ3n) is 3.14. The smallest absolute Gasteiger partial charge is 0.164 e. The van der Waals surface area contributed by atoms with E-state index in [9.17, 15) is 4.79 Å². The normalized spacial score (nSPS) is 11.2. The summed E-state index contributed by atoms with van der Waals surface area (Å²) in [4.78, 5) is 14.3. The number of carbonyl (C=O) groups excluding carboxylic acids is 1. The second-order valence-corrected chi connectivity index (χ2v) is 4.59. The summed E-state index contributed by atoms with van der Waals surface area (Å²) in [5.41, 5.74) is 3.35. The van der Waals surface area contributed by atoms with Gasteiger partial charge in [-0.15, -0.1) is 10.2 Å². The van der Waals surface area contributed by atoms with Crippen LogP contribution in [0, 0.1) is 6.92 Å². The molecule has 1 N–H and O–H groups in total. The number of aromatic amines is 1. The van der Waals surface area contributed by atoms with E-state index in [1.54, 1.807) is 0 Å². The van der Waals surface area contributed by atoms with E-state index in [0.717, 1.165) is 22.9 Å². The Kier molecular flexibility index (Phi) is 3.13. The van der Waals surface area contributed by atoms with Gasteiger partial charge < -0.3 is 4.98 Å². The summed E-state index contributed by atoms with van der Waals surface area (Å²) in [6.07, 6.45) is 0.808. The lowest BCUT2D eigenvalue weighted by molar-refractivity contribution is 0.112. The van der Waals surface area contributed by atoms with Crippen molar-refractivity contribution in [3.63, 3.8) is 0 Å². The number of aromatic nitrogens is 1. The van der Waals surface area contributed by atoms with Gasteiger partial charge >= 0.3 is 0 Å². The van der Waals surface area contributed by atoms with Gasteiger partial charge in [0.25, 0.3) is 0 Å². The van der Waals surface area contributed by atoms with Crippen LogP contribution in [0.25, 0.3) is 10.9 Å². The fourth-order valence-electron chi connectivity index (χ4n) is 2.07. The first-order valence-corrected chi connectivity index (χ1v) is 6.32. The van der Waals surface area contributed by atoms with E-state index in [2.05, 4.69) is 15.2 Å². The highest BCUT2D eigenvalue weighted by atomic mass is 16.1. The highest BCUT2D eigenvalue weighted by molar-refractivity contribution is 6.02. The van der Waals surface area contributed by atoms with Crippen LogP contribution in [-0.4, -0.2) is 11.3 Å². The van der Waals surface area contributed by atoms with Gasteiger partial charge in [-0.3, -0.25) is 4.79 Å². The lowest BCUT2D eigenvalue weighted by Gasteiger charge is -1.93. The minimum absolute atomic E-state index is 0.488. The lowest BCUT2D eigenvalue weighted by atomic mass is 10.2. The minimum Gasteiger partial charge on any atom is -0.338 e. The Morgan fingerprint density at radius 3 is 2.50 bits per heavy atom. The molecule has 0 aliphatic rings. The fourth-order valence-corrected chi connectivity index (χ4v) is 2.07. The van der Waals surface area contributed by atoms with Crippen LogP contribution in [0.2, 0.25) is 0 Å². The maximum Gasteiger partial charge on any atom is 0.164 e. The molecule has 2 aromatic carbocycles. The van der Waals surface area contributed by atoms with E-state index in [4.69, 9.17) is 0 Å². The molecule has 0 aliphatic heterocycles. The van der Waals surface area contributed by atoms with Crippen molar-refractivity contribution in [1.29, 1.82) is 0 Å². The number of nitrogens with one attached hydrogen (secondary N) is 1. The quantitative estimate of drug-likeness (QED) is 0.540. The molecule has 20 heavy (non-hydrogen) atoms. The molecule has 98 valence electrons. The number of hydrogen-bond donors (Lipinski definition) is 1. The highest BCUT2D eigenvalue weighted by Crippen LogP contribution is 2.28. The Balaban J connectivity index is 2.02. The van der Waals surface area contributed by atoms with Crippen molar-refractivity contribution in [1.82, 2.24) is 4.98 Å². The molecule has 0 aliphatic carbocycles. The number of benzene rings is 2. The first-order chi connectivity index (χ1) is 9.78. The summed E-state index contributed by atoms with van der Waals surface area (Å²) in [5.74, 6) is 0.488. The Labute approximate surface area is 116 Å². The van der Waals surface area contributed by atoms with E-state index in [1.807, 2.05) is 55.5 Å². The molecular weight excluding hydrogens is 250 g/mol. The molecule has 0 saturated heterocycles. The Bertz CT molecular complexity index is 785. The number of aldehydes is 1. The molecule has 0 unspecified atom stereocenters. The molecule has 4 nitrogen and oxygen atoms in total. The number of fused-ring (bicyclic) bond motifs is 1. The minimum atomic E-state index is 0.488. The van der Waals surface area contributed by atoms with Crippen LogP contribution in [0.15, 0.2) is 58.8 Å². The summed E-state index contributed by atoms with van der Waals surface area (Å²) in [6, 6.07) is 15.3. The molecule has 3 aromatic rings. The van der Waals surface area contributed by atoms with Crippen LogP contribution >= 0.6 is 0 Å². The van der Waals surface area contributed by atoms with Crippen molar-refractivity contribution >= 4 is 28.7 Å². The predicted octanol–water partition coefficient (Wildman–Crippen LogP) is 4.70. The summed E-state index contributed by atoms with van der Waals surface area (Å²) >= 11 is 0. The van der Waals surface area contributed by atoms with Gasteiger partial charge in [0.2, 0.25) is 0 Å². The van der Waals surface area contributed by atoms with Crippen LogP contribution < -0.4 is 0 Å².